The van der Waals surface area contributed by atoms with Crippen molar-refractivity contribution in [1.29, 1.82) is 0 Å². The third-order valence-electron chi connectivity index (χ3n) is 3.59. The van der Waals surface area contributed by atoms with E-state index in [1.165, 1.54) is 11.3 Å². The second-order valence-corrected chi connectivity index (χ2v) is 6.76. The van der Waals surface area contributed by atoms with Gasteiger partial charge in [-0.15, -0.1) is 11.3 Å². The smallest absolute Gasteiger partial charge is 0.261 e. The van der Waals surface area contributed by atoms with Crippen LogP contribution in [-0.4, -0.2) is 29.8 Å². The molecular weight excluding hydrogens is 344 g/mol. The molecule has 0 saturated heterocycles. The van der Waals surface area contributed by atoms with E-state index in [-0.39, 0.29) is 11.8 Å². The van der Waals surface area contributed by atoms with Crippen molar-refractivity contribution in [3.8, 4) is 0 Å². The fraction of sp³-hybridized carbons (Fsp3) is 0.333. The van der Waals surface area contributed by atoms with Crippen LogP contribution in [0, 0.1) is 0 Å². The molecular formula is C18H21ClN2O2S. The van der Waals surface area contributed by atoms with E-state index in [1.54, 1.807) is 11.0 Å². The lowest BCUT2D eigenvalue weighted by Crippen LogP contribution is -2.31. The number of nitrogens with one attached hydrogen (secondary N) is 1. The van der Waals surface area contributed by atoms with E-state index >= 15 is 0 Å². The van der Waals surface area contributed by atoms with E-state index in [9.17, 15) is 9.59 Å². The van der Waals surface area contributed by atoms with E-state index < -0.39 is 0 Å². The van der Waals surface area contributed by atoms with Gasteiger partial charge in [-0.05, 0) is 42.5 Å². The monoisotopic (exact) mass is 364 g/mol. The van der Waals surface area contributed by atoms with E-state index in [2.05, 4.69) is 5.32 Å². The Labute approximate surface area is 151 Å². The zero-order valence-corrected chi connectivity index (χ0v) is 15.2. The molecule has 4 nitrogen and oxygen atoms in total. The molecule has 0 aliphatic heterocycles. The van der Waals surface area contributed by atoms with E-state index in [4.69, 9.17) is 11.6 Å². The molecule has 0 saturated carbocycles. The van der Waals surface area contributed by atoms with Gasteiger partial charge in [-0.3, -0.25) is 9.59 Å². The van der Waals surface area contributed by atoms with Crippen molar-refractivity contribution in [3.05, 3.63) is 57.2 Å². The highest BCUT2D eigenvalue weighted by atomic mass is 35.5. The molecule has 1 heterocycles. The topological polar surface area (TPSA) is 49.4 Å². The van der Waals surface area contributed by atoms with Gasteiger partial charge in [0, 0.05) is 31.1 Å². The summed E-state index contributed by atoms with van der Waals surface area (Å²) in [5.74, 6) is 0.00609. The van der Waals surface area contributed by atoms with Crippen LogP contribution in [0.1, 0.15) is 35.0 Å². The average molecular weight is 365 g/mol. The van der Waals surface area contributed by atoms with Gasteiger partial charge in [0.1, 0.15) is 0 Å². The molecule has 0 radical (unpaired) electrons. The fourth-order valence-electron chi connectivity index (χ4n) is 2.33. The highest BCUT2D eigenvalue weighted by Crippen LogP contribution is 2.13. The molecule has 2 rings (SSSR count). The lowest BCUT2D eigenvalue weighted by Gasteiger charge is -2.21. The van der Waals surface area contributed by atoms with Gasteiger partial charge in [0.25, 0.3) is 5.91 Å². The molecule has 2 aromatic rings. The van der Waals surface area contributed by atoms with Crippen LogP contribution in [0.3, 0.4) is 0 Å². The molecule has 128 valence electrons. The predicted octanol–water partition coefficient (Wildman–Crippen LogP) is 3.96. The average Bonchev–Trinajstić information content (AvgIpc) is 3.11. The first-order chi connectivity index (χ1) is 11.6. The number of halogens is 1. The Morgan fingerprint density at radius 3 is 2.75 bits per heavy atom. The second-order valence-electron chi connectivity index (χ2n) is 5.37. The van der Waals surface area contributed by atoms with Crippen LogP contribution in [0.15, 0.2) is 41.8 Å². The van der Waals surface area contributed by atoms with E-state index in [0.717, 1.165) is 5.56 Å². The summed E-state index contributed by atoms with van der Waals surface area (Å²) in [5.41, 5.74) is 1.02. The number of thiophene rings is 1. The van der Waals surface area contributed by atoms with Crippen LogP contribution in [0.4, 0.5) is 0 Å². The second kappa shape index (κ2) is 9.45. The highest BCUT2D eigenvalue weighted by Gasteiger charge is 2.12. The van der Waals surface area contributed by atoms with Crippen LogP contribution in [0.25, 0.3) is 0 Å². The molecule has 0 fully saturated rings. The van der Waals surface area contributed by atoms with Crippen LogP contribution in [0.5, 0.6) is 0 Å². The maximum Gasteiger partial charge on any atom is 0.261 e. The summed E-state index contributed by atoms with van der Waals surface area (Å²) in [6, 6.07) is 11.2. The molecule has 1 N–H and O–H groups in total. The first-order valence-corrected chi connectivity index (χ1v) is 9.20. The van der Waals surface area contributed by atoms with Crippen molar-refractivity contribution in [3.63, 3.8) is 0 Å². The van der Waals surface area contributed by atoms with Crippen molar-refractivity contribution < 1.29 is 9.59 Å². The molecule has 2 amide bonds. The van der Waals surface area contributed by atoms with Gasteiger partial charge >= 0.3 is 0 Å². The zero-order valence-electron chi connectivity index (χ0n) is 13.6. The number of amides is 2. The Hall–Kier alpha value is -1.85. The molecule has 0 unspecified atom stereocenters. The Bertz CT molecular complexity index is 673. The maximum absolute atomic E-state index is 12.3. The summed E-state index contributed by atoms with van der Waals surface area (Å²) in [5, 5.41) is 5.38. The van der Waals surface area contributed by atoms with Crippen LogP contribution >= 0.6 is 22.9 Å². The van der Waals surface area contributed by atoms with Crippen LogP contribution in [-0.2, 0) is 11.3 Å². The minimum absolute atomic E-state index is 0.0799. The largest absolute Gasteiger partial charge is 0.351 e. The first kappa shape index (κ1) is 18.5. The Kier molecular flexibility index (Phi) is 7.28. The van der Waals surface area contributed by atoms with Crippen LogP contribution < -0.4 is 5.32 Å². The number of benzene rings is 1. The van der Waals surface area contributed by atoms with Gasteiger partial charge in [-0.25, -0.2) is 0 Å². The Balaban J connectivity index is 1.74. The minimum atomic E-state index is -0.0799. The molecule has 1 aromatic carbocycles. The van der Waals surface area contributed by atoms with E-state index in [1.807, 2.05) is 42.6 Å². The number of hydrogen-bond acceptors (Lipinski definition) is 3. The summed E-state index contributed by atoms with van der Waals surface area (Å²) in [6.45, 7) is 3.66. The quantitative estimate of drug-likeness (QED) is 0.721. The Morgan fingerprint density at radius 1 is 1.25 bits per heavy atom. The molecule has 1 aromatic heterocycles. The molecule has 0 atom stereocenters. The third-order valence-corrected chi connectivity index (χ3v) is 4.70. The van der Waals surface area contributed by atoms with E-state index in [0.29, 0.717) is 42.4 Å². The molecule has 24 heavy (non-hydrogen) atoms. The normalized spacial score (nSPS) is 10.4. The minimum Gasteiger partial charge on any atom is -0.351 e. The first-order valence-electron chi connectivity index (χ1n) is 7.94. The lowest BCUT2D eigenvalue weighted by molar-refractivity contribution is -0.131. The van der Waals surface area contributed by atoms with Gasteiger partial charge in [0.15, 0.2) is 0 Å². The van der Waals surface area contributed by atoms with Gasteiger partial charge in [-0.2, -0.15) is 0 Å². The fourth-order valence-corrected chi connectivity index (χ4v) is 3.18. The predicted molar refractivity (Wildman–Crippen MR) is 98.4 cm³/mol. The number of nitrogens with zero attached hydrogens (tertiary/aromatic N) is 1. The molecule has 0 bridgehead atoms. The number of rotatable bonds is 8. The van der Waals surface area contributed by atoms with Crippen molar-refractivity contribution in [1.82, 2.24) is 10.2 Å². The van der Waals surface area contributed by atoms with Gasteiger partial charge in [0.05, 0.1) is 4.88 Å². The summed E-state index contributed by atoms with van der Waals surface area (Å²) >= 11 is 7.39. The Morgan fingerprint density at radius 2 is 2.08 bits per heavy atom. The lowest BCUT2D eigenvalue weighted by atomic mass is 10.2. The summed E-state index contributed by atoms with van der Waals surface area (Å²) in [4.78, 5) is 26.6. The number of carbonyl (C=O) groups is 2. The third kappa shape index (κ3) is 5.65. The van der Waals surface area contributed by atoms with Gasteiger partial charge < -0.3 is 10.2 Å². The van der Waals surface area contributed by atoms with Crippen molar-refractivity contribution in [2.24, 2.45) is 0 Å². The van der Waals surface area contributed by atoms with Crippen molar-refractivity contribution in [2.45, 2.75) is 26.3 Å². The molecule has 0 spiro atoms. The SMILES string of the molecule is CCN(Cc1cccc(Cl)c1)C(=O)CCCNC(=O)c1cccs1. The standard InChI is InChI=1S/C18H21ClN2O2S/c1-2-21(13-14-6-3-7-15(19)12-14)17(22)9-4-10-20-18(23)16-8-5-11-24-16/h3,5-8,11-12H,2,4,9-10,13H2,1H3,(H,20,23). The van der Waals surface area contributed by atoms with Gasteiger partial charge in [-0.1, -0.05) is 29.8 Å². The zero-order chi connectivity index (χ0) is 17.4. The summed E-state index contributed by atoms with van der Waals surface area (Å²) in [6.07, 6.45) is 1.04. The maximum atomic E-state index is 12.3. The molecule has 6 heteroatoms. The van der Waals surface area contributed by atoms with Crippen LogP contribution in [0.2, 0.25) is 5.02 Å². The molecule has 0 aliphatic carbocycles. The van der Waals surface area contributed by atoms with Crippen molar-refractivity contribution >= 4 is 34.8 Å². The molecule has 0 aliphatic rings. The van der Waals surface area contributed by atoms with Gasteiger partial charge in [0.2, 0.25) is 5.91 Å². The summed E-state index contributed by atoms with van der Waals surface area (Å²) in [7, 11) is 0. The number of carbonyl (C=O) groups excluding carboxylic acids is 2. The number of hydrogen-bond donors (Lipinski definition) is 1. The highest BCUT2D eigenvalue weighted by molar-refractivity contribution is 7.12. The van der Waals surface area contributed by atoms with Crippen molar-refractivity contribution in [2.75, 3.05) is 13.1 Å². The summed E-state index contributed by atoms with van der Waals surface area (Å²) < 4.78 is 0.